The number of amides is 1. The SMILES string of the molecule is CCOC(=O)c1cccc(NC(=O)c2cc3cc4ccc(C)cc4nc3o2)c1. The molecule has 1 N–H and O–H groups in total. The first-order chi connectivity index (χ1) is 13.5. The Balaban J connectivity index is 1.61. The van der Waals surface area contributed by atoms with Crippen molar-refractivity contribution in [2.24, 2.45) is 0 Å². The minimum atomic E-state index is -0.437. The lowest BCUT2D eigenvalue weighted by molar-refractivity contribution is 0.0526. The van der Waals surface area contributed by atoms with Crippen molar-refractivity contribution in [2.45, 2.75) is 13.8 Å². The third kappa shape index (κ3) is 3.44. The Kier molecular flexibility index (Phi) is 4.53. The standard InChI is InChI=1S/C22H18N2O4/c1-3-27-22(26)15-5-4-6-17(11-15)23-20(25)19-12-16-10-14-8-7-13(2)9-18(14)24-21(16)28-19/h4-12H,3H2,1-2H3,(H,23,25). The van der Waals surface area contributed by atoms with Crippen LogP contribution in [-0.2, 0) is 4.74 Å². The van der Waals surface area contributed by atoms with E-state index in [4.69, 9.17) is 9.15 Å². The highest BCUT2D eigenvalue weighted by atomic mass is 16.5. The summed E-state index contributed by atoms with van der Waals surface area (Å²) < 4.78 is 10.6. The Labute approximate surface area is 161 Å². The summed E-state index contributed by atoms with van der Waals surface area (Å²) >= 11 is 0. The predicted octanol–water partition coefficient (Wildman–Crippen LogP) is 4.72. The van der Waals surface area contributed by atoms with Gasteiger partial charge in [0.05, 0.1) is 17.7 Å². The summed E-state index contributed by atoms with van der Waals surface area (Å²) in [6.45, 7) is 4.02. The molecule has 0 atom stereocenters. The van der Waals surface area contributed by atoms with Crippen molar-refractivity contribution < 1.29 is 18.7 Å². The second kappa shape index (κ2) is 7.15. The van der Waals surface area contributed by atoms with Gasteiger partial charge in [-0.1, -0.05) is 18.2 Å². The average Bonchev–Trinajstić information content (AvgIpc) is 3.09. The number of ether oxygens (including phenoxy) is 1. The molecular formula is C22H18N2O4. The molecule has 28 heavy (non-hydrogen) atoms. The lowest BCUT2D eigenvalue weighted by Gasteiger charge is -2.06. The van der Waals surface area contributed by atoms with Crippen LogP contribution in [0.15, 0.2) is 59.0 Å². The second-order valence-electron chi connectivity index (χ2n) is 6.44. The summed E-state index contributed by atoms with van der Waals surface area (Å²) in [5.74, 6) is -0.705. The van der Waals surface area contributed by atoms with Crippen LogP contribution < -0.4 is 5.32 Å². The van der Waals surface area contributed by atoms with E-state index < -0.39 is 11.9 Å². The number of anilines is 1. The summed E-state index contributed by atoms with van der Waals surface area (Å²) in [4.78, 5) is 28.9. The van der Waals surface area contributed by atoms with Crippen molar-refractivity contribution in [2.75, 3.05) is 11.9 Å². The van der Waals surface area contributed by atoms with Crippen LogP contribution in [-0.4, -0.2) is 23.5 Å². The number of nitrogens with one attached hydrogen (secondary N) is 1. The van der Waals surface area contributed by atoms with E-state index in [1.807, 2.05) is 31.2 Å². The molecule has 4 rings (SSSR count). The third-order valence-corrected chi connectivity index (χ3v) is 4.31. The fourth-order valence-electron chi connectivity index (χ4n) is 2.98. The van der Waals surface area contributed by atoms with E-state index in [1.54, 1.807) is 37.3 Å². The van der Waals surface area contributed by atoms with E-state index >= 15 is 0 Å². The molecular weight excluding hydrogens is 356 g/mol. The van der Waals surface area contributed by atoms with E-state index in [1.165, 1.54) is 0 Å². The third-order valence-electron chi connectivity index (χ3n) is 4.31. The molecule has 0 unspecified atom stereocenters. The second-order valence-corrected chi connectivity index (χ2v) is 6.44. The van der Waals surface area contributed by atoms with Crippen molar-refractivity contribution in [1.82, 2.24) is 4.98 Å². The zero-order chi connectivity index (χ0) is 19.7. The van der Waals surface area contributed by atoms with E-state index in [-0.39, 0.29) is 12.4 Å². The minimum absolute atomic E-state index is 0.149. The van der Waals surface area contributed by atoms with E-state index in [2.05, 4.69) is 10.3 Å². The van der Waals surface area contributed by atoms with Crippen molar-refractivity contribution >= 4 is 39.6 Å². The number of carbonyl (C=O) groups is 2. The molecule has 0 aliphatic carbocycles. The number of hydrogen-bond donors (Lipinski definition) is 1. The van der Waals surface area contributed by atoms with Crippen molar-refractivity contribution in [3.05, 3.63) is 71.5 Å². The van der Waals surface area contributed by atoms with Crippen LogP contribution in [0.5, 0.6) is 0 Å². The first-order valence-electron chi connectivity index (χ1n) is 8.93. The number of hydrogen-bond acceptors (Lipinski definition) is 5. The molecule has 0 saturated carbocycles. The molecule has 0 aliphatic rings. The monoisotopic (exact) mass is 374 g/mol. The number of esters is 1. The lowest BCUT2D eigenvalue weighted by Crippen LogP contribution is -2.12. The Hall–Kier alpha value is -3.67. The molecule has 1 amide bonds. The Morgan fingerprint density at radius 3 is 2.75 bits per heavy atom. The van der Waals surface area contributed by atoms with E-state index in [0.717, 1.165) is 21.9 Å². The van der Waals surface area contributed by atoms with Gasteiger partial charge in [-0.3, -0.25) is 4.79 Å². The van der Waals surface area contributed by atoms with Gasteiger partial charge >= 0.3 is 5.97 Å². The van der Waals surface area contributed by atoms with Crippen LogP contribution in [0.1, 0.15) is 33.4 Å². The van der Waals surface area contributed by atoms with Crippen LogP contribution in [0.3, 0.4) is 0 Å². The van der Waals surface area contributed by atoms with Gasteiger partial charge in [-0.25, -0.2) is 9.78 Å². The first kappa shape index (κ1) is 17.7. The highest BCUT2D eigenvalue weighted by Crippen LogP contribution is 2.24. The Bertz CT molecular complexity index is 1210. The number of nitrogens with zero attached hydrogens (tertiary/aromatic N) is 1. The molecule has 6 nitrogen and oxygen atoms in total. The van der Waals surface area contributed by atoms with Gasteiger partial charge in [-0.15, -0.1) is 0 Å². The number of aromatic nitrogens is 1. The van der Waals surface area contributed by atoms with E-state index in [9.17, 15) is 9.59 Å². The molecule has 6 heteroatoms. The highest BCUT2D eigenvalue weighted by Gasteiger charge is 2.15. The molecule has 140 valence electrons. The van der Waals surface area contributed by atoms with Crippen molar-refractivity contribution in [3.63, 3.8) is 0 Å². The summed E-state index contributed by atoms with van der Waals surface area (Å²) in [6, 6.07) is 16.1. The molecule has 0 spiro atoms. The number of furan rings is 1. The normalized spacial score (nSPS) is 10.9. The van der Waals surface area contributed by atoms with Crippen molar-refractivity contribution in [1.29, 1.82) is 0 Å². The Morgan fingerprint density at radius 1 is 1.07 bits per heavy atom. The van der Waals surface area contributed by atoms with Gasteiger partial charge in [0.1, 0.15) is 0 Å². The van der Waals surface area contributed by atoms with Crippen LogP contribution >= 0.6 is 0 Å². The smallest absolute Gasteiger partial charge is 0.338 e. The summed E-state index contributed by atoms with van der Waals surface area (Å²) in [5, 5.41) is 4.47. The average molecular weight is 374 g/mol. The first-order valence-corrected chi connectivity index (χ1v) is 8.93. The van der Waals surface area contributed by atoms with Crippen LogP contribution in [0, 0.1) is 6.92 Å². The van der Waals surface area contributed by atoms with Crippen LogP contribution in [0.25, 0.3) is 22.0 Å². The number of pyridine rings is 1. The fraction of sp³-hybridized carbons (Fsp3) is 0.136. The topological polar surface area (TPSA) is 81.4 Å². The maximum atomic E-state index is 12.6. The fourth-order valence-corrected chi connectivity index (χ4v) is 2.98. The van der Waals surface area contributed by atoms with Crippen molar-refractivity contribution in [3.8, 4) is 0 Å². The molecule has 4 aromatic rings. The number of carbonyl (C=O) groups excluding carboxylic acids is 2. The van der Waals surface area contributed by atoms with Gasteiger partial charge in [0.15, 0.2) is 5.76 Å². The quantitative estimate of drug-likeness (QED) is 0.523. The number of fused-ring (bicyclic) bond motifs is 2. The van der Waals surface area contributed by atoms with Crippen LogP contribution in [0.4, 0.5) is 5.69 Å². The van der Waals surface area contributed by atoms with Gasteiger partial charge in [-0.05, 0) is 55.8 Å². The molecule has 2 aromatic carbocycles. The van der Waals surface area contributed by atoms with Gasteiger partial charge < -0.3 is 14.5 Å². The molecule has 2 heterocycles. The molecule has 0 fully saturated rings. The zero-order valence-electron chi connectivity index (χ0n) is 15.5. The summed E-state index contributed by atoms with van der Waals surface area (Å²) in [6.07, 6.45) is 0. The Morgan fingerprint density at radius 2 is 1.93 bits per heavy atom. The summed E-state index contributed by atoms with van der Waals surface area (Å²) in [5.41, 5.74) is 3.17. The summed E-state index contributed by atoms with van der Waals surface area (Å²) in [7, 11) is 0. The number of aryl methyl sites for hydroxylation is 1. The molecule has 0 saturated heterocycles. The maximum Gasteiger partial charge on any atom is 0.338 e. The van der Waals surface area contributed by atoms with E-state index in [0.29, 0.717) is 17.0 Å². The minimum Gasteiger partial charge on any atom is -0.462 e. The van der Waals surface area contributed by atoms with Gasteiger partial charge in [0, 0.05) is 16.5 Å². The zero-order valence-corrected chi connectivity index (χ0v) is 15.5. The van der Waals surface area contributed by atoms with Crippen LogP contribution in [0.2, 0.25) is 0 Å². The lowest BCUT2D eigenvalue weighted by atomic mass is 10.1. The van der Waals surface area contributed by atoms with Gasteiger partial charge in [0.2, 0.25) is 5.71 Å². The number of benzene rings is 2. The molecule has 0 aliphatic heterocycles. The largest absolute Gasteiger partial charge is 0.462 e. The predicted molar refractivity (Wildman–Crippen MR) is 107 cm³/mol. The number of rotatable bonds is 4. The highest BCUT2D eigenvalue weighted by molar-refractivity contribution is 6.05. The van der Waals surface area contributed by atoms with Gasteiger partial charge in [0.25, 0.3) is 5.91 Å². The molecule has 2 aromatic heterocycles. The molecule has 0 bridgehead atoms. The maximum absolute atomic E-state index is 12.6. The van der Waals surface area contributed by atoms with Gasteiger partial charge in [-0.2, -0.15) is 0 Å². The molecule has 0 radical (unpaired) electrons.